The van der Waals surface area contributed by atoms with Gasteiger partial charge in [0.05, 0.1) is 31.1 Å². The Morgan fingerprint density at radius 2 is 2.09 bits per heavy atom. The molecule has 2 saturated heterocycles. The van der Waals surface area contributed by atoms with Crippen LogP contribution in [0.3, 0.4) is 0 Å². The number of fused-ring (bicyclic) bond motifs is 1. The minimum atomic E-state index is -3.97. The van der Waals surface area contributed by atoms with Crippen LogP contribution in [0.5, 0.6) is 0 Å². The number of phosphoric ester groups is 1. The van der Waals surface area contributed by atoms with E-state index >= 15 is 0 Å². The van der Waals surface area contributed by atoms with Crippen molar-refractivity contribution in [1.29, 1.82) is 0 Å². The highest BCUT2D eigenvalue weighted by atomic mass is 31.2. The van der Waals surface area contributed by atoms with Crippen LogP contribution >= 0.6 is 7.82 Å². The molecule has 4 rings (SSSR count). The number of ether oxygens (including phenoxy) is 2. The van der Waals surface area contributed by atoms with Gasteiger partial charge in [-0.3, -0.25) is 32.9 Å². The van der Waals surface area contributed by atoms with Crippen LogP contribution in [-0.4, -0.2) is 65.9 Å². The average Bonchev–Trinajstić information content (AvgIpc) is 3.37. The van der Waals surface area contributed by atoms with Crippen molar-refractivity contribution in [3.05, 3.63) is 12.3 Å². The van der Waals surface area contributed by atoms with Gasteiger partial charge in [0.1, 0.15) is 18.3 Å². The third-order valence-electron chi connectivity index (χ3n) is 6.84. The van der Waals surface area contributed by atoms with Gasteiger partial charge >= 0.3 is 13.8 Å². The maximum atomic E-state index is 13.1. The number of hydrogen-bond acceptors (Lipinski definition) is 10. The van der Waals surface area contributed by atoms with Crippen LogP contribution in [-0.2, 0) is 42.0 Å². The van der Waals surface area contributed by atoms with Gasteiger partial charge in [0.2, 0.25) is 5.91 Å². The maximum Gasteiger partial charge on any atom is 0.475 e. The first-order valence-corrected chi connectivity index (χ1v) is 13.3. The summed E-state index contributed by atoms with van der Waals surface area (Å²) in [6.07, 6.45) is 4.69. The van der Waals surface area contributed by atoms with E-state index in [-0.39, 0.29) is 43.4 Å². The lowest BCUT2D eigenvalue weighted by atomic mass is 9.92. The summed E-state index contributed by atoms with van der Waals surface area (Å²) in [6.45, 7) is 3.40. The Kier molecular flexibility index (Phi) is 7.61. The van der Waals surface area contributed by atoms with E-state index in [9.17, 15) is 18.9 Å². The van der Waals surface area contributed by atoms with Gasteiger partial charge in [0.25, 0.3) is 0 Å². The molecule has 1 aliphatic carbocycles. The number of carbonyl (C=O) groups excluding carboxylic acids is 3. The number of amides is 1. The summed E-state index contributed by atoms with van der Waals surface area (Å²) < 4.78 is 41.2. The molecule has 3 fully saturated rings. The number of nitrogens with zero attached hydrogens (tertiary/aromatic N) is 1. The highest BCUT2D eigenvalue weighted by Crippen LogP contribution is 2.57. The van der Waals surface area contributed by atoms with Crippen LogP contribution in [0.1, 0.15) is 58.8 Å². The van der Waals surface area contributed by atoms with Gasteiger partial charge in [0, 0.05) is 6.20 Å². The highest BCUT2D eigenvalue weighted by Gasteiger charge is 2.60. The molecule has 190 valence electrons. The Labute approximate surface area is 198 Å². The second-order valence-electron chi connectivity index (χ2n) is 9.49. The molecule has 2 N–H and O–H groups in total. The summed E-state index contributed by atoms with van der Waals surface area (Å²) in [5, 5.41) is 0. The second-order valence-corrected chi connectivity index (χ2v) is 11.1. The van der Waals surface area contributed by atoms with E-state index in [0.717, 1.165) is 25.7 Å². The molecular weight excluding hydrogens is 467 g/mol. The van der Waals surface area contributed by atoms with Crippen molar-refractivity contribution < 1.29 is 42.0 Å². The zero-order valence-electron chi connectivity index (χ0n) is 19.6. The fourth-order valence-electron chi connectivity index (χ4n) is 4.82. The van der Waals surface area contributed by atoms with E-state index in [4.69, 9.17) is 28.8 Å². The SMILES string of the molecule is CCC(CCO[P@@]1(=O)OC[C@H]2O[C@@H](N3C=CC(=O)CC3=O)[C@](C)(N)[C@@H]2O1)C(=O)OC1CCCC1. The van der Waals surface area contributed by atoms with Crippen molar-refractivity contribution >= 4 is 25.5 Å². The zero-order valence-corrected chi connectivity index (χ0v) is 20.4. The molecule has 0 aromatic heterocycles. The van der Waals surface area contributed by atoms with Crippen molar-refractivity contribution in [2.24, 2.45) is 11.7 Å². The van der Waals surface area contributed by atoms with Crippen LogP contribution in [0, 0.1) is 5.92 Å². The predicted molar refractivity (Wildman–Crippen MR) is 118 cm³/mol. The molecule has 1 unspecified atom stereocenters. The molecule has 0 aromatic rings. The average molecular weight is 500 g/mol. The molecule has 4 aliphatic rings. The molecule has 0 radical (unpaired) electrons. The smallest absolute Gasteiger partial charge is 0.462 e. The number of ketones is 1. The van der Waals surface area contributed by atoms with Gasteiger partial charge < -0.3 is 15.2 Å². The van der Waals surface area contributed by atoms with E-state index in [1.807, 2.05) is 6.92 Å². The molecule has 1 amide bonds. The Morgan fingerprint density at radius 3 is 2.76 bits per heavy atom. The van der Waals surface area contributed by atoms with Crippen molar-refractivity contribution in [3.8, 4) is 0 Å². The molecule has 1 saturated carbocycles. The van der Waals surface area contributed by atoms with Gasteiger partial charge in [0.15, 0.2) is 12.0 Å². The summed E-state index contributed by atoms with van der Waals surface area (Å²) in [6, 6.07) is 0. The van der Waals surface area contributed by atoms with Crippen LogP contribution in [0.4, 0.5) is 0 Å². The lowest BCUT2D eigenvalue weighted by Crippen LogP contribution is -2.60. The Hall–Kier alpha value is -1.62. The minimum absolute atomic E-state index is 0.0138. The van der Waals surface area contributed by atoms with Crippen molar-refractivity contribution in [1.82, 2.24) is 4.90 Å². The van der Waals surface area contributed by atoms with Gasteiger partial charge in [-0.2, -0.15) is 0 Å². The number of allylic oxidation sites excluding steroid dienone is 1. The molecule has 0 bridgehead atoms. The van der Waals surface area contributed by atoms with Crippen LogP contribution < -0.4 is 5.73 Å². The predicted octanol–water partition coefficient (Wildman–Crippen LogP) is 2.19. The van der Waals surface area contributed by atoms with Crippen LogP contribution in [0.15, 0.2) is 12.3 Å². The maximum absolute atomic E-state index is 13.1. The molecule has 3 heterocycles. The van der Waals surface area contributed by atoms with E-state index in [1.54, 1.807) is 6.92 Å². The molecule has 34 heavy (non-hydrogen) atoms. The normalized spacial score (nSPS) is 37.1. The lowest BCUT2D eigenvalue weighted by Gasteiger charge is -2.38. The molecule has 12 heteroatoms. The Morgan fingerprint density at radius 1 is 1.35 bits per heavy atom. The molecular formula is C22H33N2O9P. The Bertz CT molecular complexity index is 886. The van der Waals surface area contributed by atoms with E-state index in [2.05, 4.69) is 0 Å². The van der Waals surface area contributed by atoms with Crippen molar-refractivity contribution in [3.63, 3.8) is 0 Å². The first-order valence-electron chi connectivity index (χ1n) is 11.9. The summed E-state index contributed by atoms with van der Waals surface area (Å²) >= 11 is 0. The van der Waals surface area contributed by atoms with Gasteiger partial charge in [-0.15, -0.1) is 0 Å². The van der Waals surface area contributed by atoms with Gasteiger partial charge in [-0.25, -0.2) is 4.57 Å². The topological polar surface area (TPSA) is 144 Å². The third kappa shape index (κ3) is 5.29. The Balaban J connectivity index is 1.33. The third-order valence-corrected chi connectivity index (χ3v) is 8.29. The first kappa shape index (κ1) is 25.5. The number of hydrogen-bond donors (Lipinski definition) is 1. The number of nitrogens with two attached hydrogens (primary N) is 1. The van der Waals surface area contributed by atoms with Crippen LogP contribution in [0.2, 0.25) is 0 Å². The van der Waals surface area contributed by atoms with Gasteiger partial charge in [-0.1, -0.05) is 6.92 Å². The summed E-state index contributed by atoms with van der Waals surface area (Å²) in [5.74, 6) is -1.38. The van der Waals surface area contributed by atoms with Crippen LogP contribution in [0.25, 0.3) is 0 Å². The lowest BCUT2D eigenvalue weighted by molar-refractivity contribution is -0.154. The first-order chi connectivity index (χ1) is 16.1. The summed E-state index contributed by atoms with van der Waals surface area (Å²) in [7, 11) is -3.97. The zero-order chi connectivity index (χ0) is 24.5. The molecule has 0 aromatic carbocycles. The fraction of sp³-hybridized carbons (Fsp3) is 0.773. The van der Waals surface area contributed by atoms with E-state index < -0.39 is 37.7 Å². The number of esters is 1. The number of rotatable bonds is 8. The standard InChI is InChI=1S/C22H33N2O9P/c1-3-14(20(27)31-16-6-4-5-7-16)9-11-29-34(28)30-13-17-19(33-34)22(2,23)21(32-17)24-10-8-15(25)12-18(24)26/h8,10,14,16-17,19,21H,3-7,9,11-13,23H2,1-2H3/t14?,17-,19-,21-,22-,34+/m1/s1. The van der Waals surface area contributed by atoms with Crippen molar-refractivity contribution in [2.75, 3.05) is 13.2 Å². The van der Waals surface area contributed by atoms with E-state index in [0.29, 0.717) is 12.8 Å². The minimum Gasteiger partial charge on any atom is -0.462 e. The van der Waals surface area contributed by atoms with E-state index in [1.165, 1.54) is 17.2 Å². The molecule has 3 aliphatic heterocycles. The second kappa shape index (κ2) is 10.2. The molecule has 11 nitrogen and oxygen atoms in total. The quantitative estimate of drug-likeness (QED) is 0.299. The largest absolute Gasteiger partial charge is 0.475 e. The molecule has 6 atom stereocenters. The van der Waals surface area contributed by atoms with Crippen molar-refractivity contribution in [2.45, 2.75) is 88.9 Å². The van der Waals surface area contributed by atoms with Gasteiger partial charge in [-0.05, 0) is 51.5 Å². The molecule has 0 spiro atoms. The fourth-order valence-corrected chi connectivity index (χ4v) is 6.31. The number of phosphoric acid groups is 1. The summed E-state index contributed by atoms with van der Waals surface area (Å²) in [5.41, 5.74) is 5.24. The summed E-state index contributed by atoms with van der Waals surface area (Å²) in [4.78, 5) is 37.6. The number of carbonyl (C=O) groups is 3. The monoisotopic (exact) mass is 500 g/mol. The highest BCUT2D eigenvalue weighted by molar-refractivity contribution is 7.48.